The first kappa shape index (κ1) is 16.4. The van der Waals surface area contributed by atoms with Gasteiger partial charge in [-0.25, -0.2) is 0 Å². The standard InChI is InChI=1S/C13H19N3O2.C2H6/c1-10(17)14-12-6-4-8-16(13(12)18)11-5-3-7-15(2)9-11;1-2/h4,6,8,11H,3,5,7,9H2,1-2H3,(H,14,17);1-2H3. The molecule has 1 atom stereocenters. The molecule has 0 aromatic carbocycles. The van der Waals surface area contributed by atoms with Crippen LogP contribution in [0, 0.1) is 0 Å². The minimum Gasteiger partial charge on any atom is -0.322 e. The van der Waals surface area contributed by atoms with Gasteiger partial charge in [0.1, 0.15) is 5.69 Å². The van der Waals surface area contributed by atoms with Gasteiger partial charge in [0.15, 0.2) is 0 Å². The molecular weight excluding hydrogens is 254 g/mol. The summed E-state index contributed by atoms with van der Waals surface area (Å²) in [5, 5.41) is 2.58. The van der Waals surface area contributed by atoms with Crippen molar-refractivity contribution in [2.75, 3.05) is 25.5 Å². The van der Waals surface area contributed by atoms with Crippen LogP contribution in [0.15, 0.2) is 23.1 Å². The Morgan fingerprint density at radius 1 is 1.40 bits per heavy atom. The normalized spacial score (nSPS) is 18.9. The van der Waals surface area contributed by atoms with E-state index in [4.69, 9.17) is 0 Å². The number of rotatable bonds is 2. The van der Waals surface area contributed by atoms with Crippen LogP contribution in [0.2, 0.25) is 0 Å². The molecule has 1 saturated heterocycles. The summed E-state index contributed by atoms with van der Waals surface area (Å²) in [6.07, 6.45) is 3.91. The van der Waals surface area contributed by atoms with Crippen LogP contribution < -0.4 is 10.9 Å². The van der Waals surface area contributed by atoms with Crippen molar-refractivity contribution in [3.8, 4) is 0 Å². The number of carbonyl (C=O) groups excluding carboxylic acids is 1. The molecule has 112 valence electrons. The number of piperidine rings is 1. The fourth-order valence-corrected chi connectivity index (χ4v) is 2.45. The van der Waals surface area contributed by atoms with Gasteiger partial charge in [0.2, 0.25) is 5.91 Å². The molecule has 1 aromatic rings. The van der Waals surface area contributed by atoms with Crippen LogP contribution in [0.1, 0.15) is 39.7 Å². The molecule has 1 N–H and O–H groups in total. The molecule has 1 aromatic heterocycles. The van der Waals surface area contributed by atoms with Crippen LogP contribution in [0.4, 0.5) is 5.69 Å². The molecule has 0 radical (unpaired) electrons. The maximum absolute atomic E-state index is 12.2. The first-order valence-electron chi connectivity index (χ1n) is 7.25. The number of aromatic nitrogens is 1. The topological polar surface area (TPSA) is 54.3 Å². The summed E-state index contributed by atoms with van der Waals surface area (Å²) < 4.78 is 1.74. The smallest absolute Gasteiger partial charge is 0.274 e. The molecule has 1 aliphatic rings. The Balaban J connectivity index is 0.000000956. The van der Waals surface area contributed by atoms with Gasteiger partial charge in [-0.05, 0) is 38.6 Å². The lowest BCUT2D eigenvalue weighted by molar-refractivity contribution is -0.114. The van der Waals surface area contributed by atoms with E-state index in [1.165, 1.54) is 6.92 Å². The molecule has 0 spiro atoms. The average Bonchev–Trinajstić information content (AvgIpc) is 2.43. The van der Waals surface area contributed by atoms with E-state index in [9.17, 15) is 9.59 Å². The summed E-state index contributed by atoms with van der Waals surface area (Å²) in [7, 11) is 2.06. The quantitative estimate of drug-likeness (QED) is 0.902. The van der Waals surface area contributed by atoms with E-state index in [0.29, 0.717) is 5.69 Å². The Hall–Kier alpha value is -1.62. The van der Waals surface area contributed by atoms with E-state index in [1.54, 1.807) is 22.9 Å². The third-order valence-corrected chi connectivity index (χ3v) is 3.28. The Labute approximate surface area is 120 Å². The predicted octanol–water partition coefficient (Wildman–Crippen LogP) is 2.10. The zero-order chi connectivity index (χ0) is 15.1. The summed E-state index contributed by atoms with van der Waals surface area (Å²) in [4.78, 5) is 25.5. The largest absolute Gasteiger partial charge is 0.322 e. The molecular formula is C15H25N3O2. The van der Waals surface area contributed by atoms with Gasteiger partial charge < -0.3 is 14.8 Å². The summed E-state index contributed by atoms with van der Waals surface area (Å²) in [5.41, 5.74) is 0.242. The summed E-state index contributed by atoms with van der Waals surface area (Å²) >= 11 is 0. The number of nitrogens with zero attached hydrogens (tertiary/aromatic N) is 2. The monoisotopic (exact) mass is 279 g/mol. The second kappa shape index (κ2) is 7.85. The van der Waals surface area contributed by atoms with Crippen molar-refractivity contribution in [3.05, 3.63) is 28.7 Å². The van der Waals surface area contributed by atoms with E-state index < -0.39 is 0 Å². The number of hydrogen-bond donors (Lipinski definition) is 1. The maximum Gasteiger partial charge on any atom is 0.274 e. The van der Waals surface area contributed by atoms with Crippen molar-refractivity contribution in [1.82, 2.24) is 9.47 Å². The highest BCUT2D eigenvalue weighted by atomic mass is 16.2. The van der Waals surface area contributed by atoms with E-state index in [-0.39, 0.29) is 17.5 Å². The lowest BCUT2D eigenvalue weighted by Crippen LogP contribution is -2.38. The summed E-state index contributed by atoms with van der Waals surface area (Å²) in [6, 6.07) is 3.65. The average molecular weight is 279 g/mol. The van der Waals surface area contributed by atoms with Crippen molar-refractivity contribution >= 4 is 11.6 Å². The van der Waals surface area contributed by atoms with Crippen LogP contribution in [0.5, 0.6) is 0 Å². The highest BCUT2D eigenvalue weighted by Gasteiger charge is 2.20. The van der Waals surface area contributed by atoms with E-state index in [1.807, 2.05) is 13.8 Å². The van der Waals surface area contributed by atoms with Gasteiger partial charge in [-0.1, -0.05) is 13.8 Å². The molecule has 0 aliphatic carbocycles. The number of likely N-dealkylation sites (tertiary alicyclic amines) is 1. The van der Waals surface area contributed by atoms with Crippen LogP contribution in [-0.2, 0) is 4.79 Å². The number of nitrogens with one attached hydrogen (secondary N) is 1. The summed E-state index contributed by atoms with van der Waals surface area (Å²) in [6.45, 7) is 7.37. The number of likely N-dealkylation sites (N-methyl/N-ethyl adjacent to an activating group) is 1. The van der Waals surface area contributed by atoms with Gasteiger partial charge in [-0.2, -0.15) is 0 Å². The Morgan fingerprint density at radius 3 is 2.70 bits per heavy atom. The predicted molar refractivity (Wildman–Crippen MR) is 82.1 cm³/mol. The van der Waals surface area contributed by atoms with Crippen LogP contribution >= 0.6 is 0 Å². The van der Waals surface area contributed by atoms with Crippen molar-refractivity contribution in [2.45, 2.75) is 39.7 Å². The van der Waals surface area contributed by atoms with Crippen molar-refractivity contribution in [1.29, 1.82) is 0 Å². The van der Waals surface area contributed by atoms with E-state index in [0.717, 1.165) is 25.9 Å². The van der Waals surface area contributed by atoms with Crippen molar-refractivity contribution < 1.29 is 4.79 Å². The highest BCUT2D eigenvalue weighted by molar-refractivity contribution is 5.88. The first-order valence-corrected chi connectivity index (χ1v) is 7.25. The molecule has 2 heterocycles. The Bertz CT molecular complexity index is 496. The highest BCUT2D eigenvalue weighted by Crippen LogP contribution is 2.19. The van der Waals surface area contributed by atoms with Gasteiger partial charge in [-0.15, -0.1) is 0 Å². The zero-order valence-corrected chi connectivity index (χ0v) is 12.8. The molecule has 1 fully saturated rings. The lowest BCUT2D eigenvalue weighted by Gasteiger charge is -2.31. The number of anilines is 1. The fourth-order valence-electron chi connectivity index (χ4n) is 2.45. The Morgan fingerprint density at radius 2 is 2.10 bits per heavy atom. The molecule has 2 rings (SSSR count). The molecule has 20 heavy (non-hydrogen) atoms. The van der Waals surface area contributed by atoms with Crippen LogP contribution in [0.3, 0.4) is 0 Å². The molecule has 5 nitrogen and oxygen atoms in total. The lowest BCUT2D eigenvalue weighted by atomic mass is 10.1. The molecule has 1 amide bonds. The maximum atomic E-state index is 12.2. The van der Waals surface area contributed by atoms with E-state index in [2.05, 4.69) is 17.3 Å². The molecule has 0 saturated carbocycles. The number of amides is 1. The van der Waals surface area contributed by atoms with Crippen LogP contribution in [0.25, 0.3) is 0 Å². The number of carbonyl (C=O) groups is 1. The van der Waals surface area contributed by atoms with Crippen molar-refractivity contribution in [3.63, 3.8) is 0 Å². The van der Waals surface area contributed by atoms with Gasteiger partial charge in [0.05, 0.1) is 0 Å². The second-order valence-electron chi connectivity index (χ2n) is 4.87. The van der Waals surface area contributed by atoms with Gasteiger partial charge in [-0.3, -0.25) is 9.59 Å². The third-order valence-electron chi connectivity index (χ3n) is 3.28. The molecule has 0 bridgehead atoms. The second-order valence-corrected chi connectivity index (χ2v) is 4.87. The zero-order valence-electron chi connectivity index (χ0n) is 12.8. The van der Waals surface area contributed by atoms with Crippen molar-refractivity contribution in [2.24, 2.45) is 0 Å². The first-order chi connectivity index (χ1) is 9.58. The molecule has 1 unspecified atom stereocenters. The minimum absolute atomic E-state index is 0.118. The van der Waals surface area contributed by atoms with Gasteiger partial charge >= 0.3 is 0 Å². The number of hydrogen-bond acceptors (Lipinski definition) is 3. The van der Waals surface area contributed by atoms with E-state index >= 15 is 0 Å². The summed E-state index contributed by atoms with van der Waals surface area (Å²) in [5.74, 6) is -0.217. The molecule has 1 aliphatic heterocycles. The van der Waals surface area contributed by atoms with Crippen LogP contribution in [-0.4, -0.2) is 35.5 Å². The van der Waals surface area contributed by atoms with Gasteiger partial charge in [0, 0.05) is 25.7 Å². The fraction of sp³-hybridized carbons (Fsp3) is 0.600. The number of pyridine rings is 1. The third kappa shape index (κ3) is 4.20. The molecule has 5 heteroatoms. The van der Waals surface area contributed by atoms with Gasteiger partial charge in [0.25, 0.3) is 5.56 Å². The minimum atomic E-state index is -0.217. The Kier molecular flexibility index (Phi) is 6.45. The SMILES string of the molecule is CC.CC(=O)Nc1cccn(C2CCCN(C)C2)c1=O.